The van der Waals surface area contributed by atoms with Crippen LogP contribution < -0.4 is 0 Å². The van der Waals surface area contributed by atoms with E-state index < -0.39 is 47.3 Å². The number of rotatable bonds is 6. The van der Waals surface area contributed by atoms with Crippen LogP contribution in [0.1, 0.15) is 92.4 Å². The van der Waals surface area contributed by atoms with Gasteiger partial charge < -0.3 is 14.9 Å². The van der Waals surface area contributed by atoms with Gasteiger partial charge in [-0.25, -0.2) is 8.78 Å². The second-order valence-corrected chi connectivity index (χ2v) is 12.8. The van der Waals surface area contributed by atoms with Gasteiger partial charge in [0, 0.05) is 19.3 Å². The third kappa shape index (κ3) is 4.12. The van der Waals surface area contributed by atoms with E-state index in [9.17, 15) is 19.8 Å². The molecule has 0 aromatic carbocycles. The van der Waals surface area contributed by atoms with Gasteiger partial charge in [-0.3, -0.25) is 9.59 Å². The molecule has 0 radical (unpaired) electrons. The van der Waals surface area contributed by atoms with E-state index in [0.29, 0.717) is 25.2 Å². The minimum absolute atomic E-state index is 0.000977. The maximum atomic E-state index is 16.0. The summed E-state index contributed by atoms with van der Waals surface area (Å²) in [7, 11) is 0. The van der Waals surface area contributed by atoms with Gasteiger partial charge >= 0.3 is 11.9 Å². The Balaban J connectivity index is 1.66. The van der Waals surface area contributed by atoms with Crippen molar-refractivity contribution < 1.29 is 33.3 Å². The van der Waals surface area contributed by atoms with Crippen LogP contribution in [0.5, 0.6) is 0 Å². The molecule has 0 amide bonds. The molecule has 0 aliphatic heterocycles. The first-order chi connectivity index (χ1) is 16.3. The number of aliphatic hydroxyl groups excluding tert-OH is 1. The van der Waals surface area contributed by atoms with Crippen molar-refractivity contribution in [3.8, 4) is 0 Å². The Bertz CT molecular complexity index is 832. The number of aliphatic carboxylic acids is 1. The summed E-state index contributed by atoms with van der Waals surface area (Å²) in [6.45, 7) is 9.58. The molecule has 4 rings (SSSR count). The van der Waals surface area contributed by atoms with Gasteiger partial charge in [0.1, 0.15) is 0 Å². The summed E-state index contributed by atoms with van der Waals surface area (Å²) in [5, 5.41) is 20.9. The molecule has 35 heavy (non-hydrogen) atoms. The summed E-state index contributed by atoms with van der Waals surface area (Å²) in [5.41, 5.74) is -0.613. The normalized spacial score (nSPS) is 47.2. The molecule has 200 valence electrons. The number of carboxylic acid groups (broad SMARTS) is 1. The zero-order chi connectivity index (χ0) is 25.9. The highest BCUT2D eigenvalue weighted by Gasteiger charge is 2.71. The molecule has 4 aliphatic rings. The van der Waals surface area contributed by atoms with E-state index in [1.54, 1.807) is 0 Å². The van der Waals surface area contributed by atoms with E-state index in [2.05, 4.69) is 13.8 Å². The van der Waals surface area contributed by atoms with E-state index in [4.69, 9.17) is 4.74 Å². The van der Waals surface area contributed by atoms with Crippen molar-refractivity contribution in [3.05, 3.63) is 0 Å². The van der Waals surface area contributed by atoms with Crippen molar-refractivity contribution in [1.29, 1.82) is 0 Å². The van der Waals surface area contributed by atoms with Crippen LogP contribution in [-0.4, -0.2) is 40.3 Å². The Morgan fingerprint density at radius 3 is 2.29 bits per heavy atom. The van der Waals surface area contributed by atoms with Crippen LogP contribution in [-0.2, 0) is 14.3 Å². The zero-order valence-electron chi connectivity index (χ0n) is 21.9. The zero-order valence-corrected chi connectivity index (χ0v) is 21.9. The van der Waals surface area contributed by atoms with Gasteiger partial charge in [0.05, 0.1) is 6.10 Å². The van der Waals surface area contributed by atoms with Crippen LogP contribution in [0.15, 0.2) is 0 Å². The Labute approximate surface area is 208 Å². The molecule has 0 bridgehead atoms. The molecule has 0 spiro atoms. The summed E-state index contributed by atoms with van der Waals surface area (Å²) in [5.74, 6) is -5.22. The van der Waals surface area contributed by atoms with E-state index in [1.165, 1.54) is 6.92 Å². The molecule has 2 N–H and O–H groups in total. The lowest BCUT2D eigenvalue weighted by atomic mass is 9.40. The number of ether oxygens (including phenoxy) is 1. The molecule has 0 aromatic rings. The molecule has 11 atom stereocenters. The molecule has 4 saturated carbocycles. The molecule has 0 heterocycles. The minimum atomic E-state index is -3.17. The second-order valence-electron chi connectivity index (χ2n) is 12.8. The number of fused-ring (bicyclic) bond motifs is 5. The number of carboxylic acids is 1. The summed E-state index contributed by atoms with van der Waals surface area (Å²) in [6.07, 6.45) is 3.54. The fourth-order valence-electron chi connectivity index (χ4n) is 9.89. The minimum Gasteiger partial charge on any atom is -0.481 e. The molecular formula is C28H44F2O5. The molecule has 4 aliphatic carbocycles. The fourth-order valence-corrected chi connectivity index (χ4v) is 9.89. The highest BCUT2D eigenvalue weighted by atomic mass is 19.3. The second kappa shape index (κ2) is 9.25. The lowest BCUT2D eigenvalue weighted by Gasteiger charge is -2.66. The number of hydrogen-bond acceptors (Lipinski definition) is 4. The number of alkyl halides is 2. The van der Waals surface area contributed by atoms with Crippen LogP contribution in [0, 0.1) is 52.3 Å². The van der Waals surface area contributed by atoms with Gasteiger partial charge in [-0.05, 0) is 91.3 Å². The van der Waals surface area contributed by atoms with Gasteiger partial charge in [-0.1, -0.05) is 34.1 Å². The molecule has 0 aromatic heterocycles. The molecular weight excluding hydrogens is 454 g/mol. The van der Waals surface area contributed by atoms with Crippen molar-refractivity contribution in [1.82, 2.24) is 0 Å². The summed E-state index contributed by atoms with van der Waals surface area (Å²) >= 11 is 0. The molecule has 5 nitrogen and oxygen atoms in total. The molecule has 7 heteroatoms. The number of hydrogen-bond donors (Lipinski definition) is 2. The third-order valence-corrected chi connectivity index (χ3v) is 11.3. The van der Waals surface area contributed by atoms with Crippen LogP contribution >= 0.6 is 0 Å². The number of aliphatic hydroxyl groups is 1. The van der Waals surface area contributed by atoms with Crippen LogP contribution in [0.4, 0.5) is 8.78 Å². The average molecular weight is 499 g/mol. The smallest absolute Gasteiger partial charge is 0.303 e. The number of esters is 1. The first-order valence-electron chi connectivity index (χ1n) is 13.7. The molecule has 4 fully saturated rings. The third-order valence-electron chi connectivity index (χ3n) is 11.3. The Hall–Kier alpha value is -1.24. The lowest BCUT2D eigenvalue weighted by Crippen LogP contribution is -2.68. The standard InChI is InChI=1S/C28H44F2O5/c1-6-17-24(34)23-19-9-8-18(15(2)7-10-22(32)33)26(19,4)13-11-20(23)27(5)14-12-21(35-16(3)31)28(29,30)25(17)27/h15,17-21,23-25,34H,6-14H2,1-5H3,(H,32,33)/t15-,17+,18-,19+,20+,21-,23+,24-,25+,26-,27-/m1/s1. The predicted octanol–water partition coefficient (Wildman–Crippen LogP) is 5.93. The number of halogens is 2. The predicted molar refractivity (Wildman–Crippen MR) is 128 cm³/mol. The van der Waals surface area contributed by atoms with Crippen molar-refractivity contribution >= 4 is 11.9 Å². The topological polar surface area (TPSA) is 83.8 Å². The van der Waals surface area contributed by atoms with Gasteiger partial charge in [-0.15, -0.1) is 0 Å². The highest BCUT2D eigenvalue weighted by Crippen LogP contribution is 2.71. The summed E-state index contributed by atoms with van der Waals surface area (Å²) in [4.78, 5) is 22.7. The largest absolute Gasteiger partial charge is 0.481 e. The van der Waals surface area contributed by atoms with E-state index in [-0.39, 0.29) is 41.9 Å². The van der Waals surface area contributed by atoms with E-state index in [1.807, 2.05) is 13.8 Å². The van der Waals surface area contributed by atoms with Crippen LogP contribution in [0.3, 0.4) is 0 Å². The first-order valence-corrected chi connectivity index (χ1v) is 13.7. The average Bonchev–Trinajstić information content (AvgIpc) is 3.12. The number of carbonyl (C=O) groups excluding carboxylic acids is 1. The first kappa shape index (κ1) is 26.8. The van der Waals surface area contributed by atoms with E-state index in [0.717, 1.165) is 25.7 Å². The van der Waals surface area contributed by atoms with Gasteiger partial charge in [0.25, 0.3) is 5.92 Å². The van der Waals surface area contributed by atoms with Crippen molar-refractivity contribution in [3.63, 3.8) is 0 Å². The number of carbonyl (C=O) groups is 2. The maximum Gasteiger partial charge on any atom is 0.303 e. The highest BCUT2D eigenvalue weighted by molar-refractivity contribution is 5.66. The Morgan fingerprint density at radius 1 is 1.06 bits per heavy atom. The van der Waals surface area contributed by atoms with Gasteiger partial charge in [-0.2, -0.15) is 0 Å². The monoisotopic (exact) mass is 498 g/mol. The fraction of sp³-hybridized carbons (Fsp3) is 0.929. The molecule has 0 unspecified atom stereocenters. The van der Waals surface area contributed by atoms with Crippen LogP contribution in [0.2, 0.25) is 0 Å². The summed E-state index contributed by atoms with van der Waals surface area (Å²) < 4.78 is 37.1. The SMILES string of the molecule is CC[C@H]1[C@@H](O)[C@@H]2[C@H](CC[C@]3(C)[C@@H]([C@H](C)CCC(=O)O)CC[C@@H]23)[C@@]2(C)CC[C@@H](OC(C)=O)C(F)(F)[C@@H]12. The lowest BCUT2D eigenvalue weighted by molar-refractivity contribution is -0.289. The quantitative estimate of drug-likeness (QED) is 0.444. The molecule has 0 saturated heterocycles. The summed E-state index contributed by atoms with van der Waals surface area (Å²) in [6, 6.07) is 0. The van der Waals surface area contributed by atoms with Crippen molar-refractivity contribution in [2.75, 3.05) is 0 Å². The van der Waals surface area contributed by atoms with Crippen molar-refractivity contribution in [2.45, 2.75) is 111 Å². The van der Waals surface area contributed by atoms with Gasteiger partial charge in [0.2, 0.25) is 0 Å². The van der Waals surface area contributed by atoms with Gasteiger partial charge in [0.15, 0.2) is 6.10 Å². The Kier molecular flexibility index (Phi) is 7.09. The Morgan fingerprint density at radius 2 is 1.69 bits per heavy atom. The maximum absolute atomic E-state index is 16.0. The van der Waals surface area contributed by atoms with E-state index >= 15 is 8.78 Å². The van der Waals surface area contributed by atoms with Crippen molar-refractivity contribution in [2.24, 2.45) is 52.3 Å². The van der Waals surface area contributed by atoms with Crippen LogP contribution in [0.25, 0.3) is 0 Å².